The fourth-order valence-electron chi connectivity index (χ4n) is 3.96. The summed E-state index contributed by atoms with van der Waals surface area (Å²) < 4.78 is 21.9. The number of carbonyl (C=O) groups excluding carboxylic acids is 1. The second-order valence-corrected chi connectivity index (χ2v) is 8.76. The van der Waals surface area contributed by atoms with Crippen molar-refractivity contribution >= 4 is 16.7 Å². The molecule has 154 valence electrons. The van der Waals surface area contributed by atoms with Crippen LogP contribution in [0.1, 0.15) is 47.9 Å². The van der Waals surface area contributed by atoms with Crippen molar-refractivity contribution in [2.75, 3.05) is 19.0 Å². The van der Waals surface area contributed by atoms with Crippen LogP contribution in [0.4, 0.5) is 4.79 Å². The molecule has 7 heteroatoms. The minimum atomic E-state index is -2.59. The van der Waals surface area contributed by atoms with Gasteiger partial charge in [-0.25, -0.2) is 18.6 Å². The molecule has 29 heavy (non-hydrogen) atoms. The molecule has 2 aromatic carbocycles. The summed E-state index contributed by atoms with van der Waals surface area (Å²) in [6.07, 6.45) is 4.28. The fraction of sp³-hybridized carbons (Fsp3) is 0.409. The van der Waals surface area contributed by atoms with E-state index in [-0.39, 0.29) is 17.9 Å². The highest BCUT2D eigenvalue weighted by Crippen LogP contribution is 2.40. The van der Waals surface area contributed by atoms with Gasteiger partial charge in [-0.15, -0.1) is 0 Å². The second kappa shape index (κ2) is 8.97. The molecule has 1 unspecified atom stereocenters. The number of amides is 2. The molecule has 1 saturated carbocycles. The van der Waals surface area contributed by atoms with Gasteiger partial charge in [0.1, 0.15) is 5.88 Å². The fourth-order valence-corrected chi connectivity index (χ4v) is 4.24. The van der Waals surface area contributed by atoms with Crippen molar-refractivity contribution < 1.29 is 13.2 Å². The van der Waals surface area contributed by atoms with Crippen LogP contribution in [-0.2, 0) is 17.1 Å². The highest BCUT2D eigenvalue weighted by molar-refractivity contribution is 7.72. The third-order valence-corrected chi connectivity index (χ3v) is 6.08. The Morgan fingerprint density at radius 2 is 1.66 bits per heavy atom. The summed E-state index contributed by atoms with van der Waals surface area (Å²) in [6.45, 7) is 1.07. The van der Waals surface area contributed by atoms with E-state index in [0.717, 1.165) is 18.4 Å². The van der Waals surface area contributed by atoms with Crippen LogP contribution in [0.15, 0.2) is 54.6 Å². The summed E-state index contributed by atoms with van der Waals surface area (Å²) in [7, 11) is -2.59. The van der Waals surface area contributed by atoms with E-state index in [1.165, 1.54) is 29.0 Å². The first-order valence-electron chi connectivity index (χ1n) is 10.2. The Hall–Kier alpha value is -2.38. The predicted octanol–water partition coefficient (Wildman–Crippen LogP) is 3.05. The Kier molecular flexibility index (Phi) is 6.16. The monoisotopic (exact) mass is 413 g/mol. The average Bonchev–Trinajstić information content (AvgIpc) is 3.53. The maximum absolute atomic E-state index is 12.9. The van der Waals surface area contributed by atoms with E-state index in [2.05, 4.69) is 41.8 Å². The predicted molar refractivity (Wildman–Crippen MR) is 113 cm³/mol. The third-order valence-electron chi connectivity index (χ3n) is 5.68. The number of urea groups is 1. The van der Waals surface area contributed by atoms with E-state index in [0.29, 0.717) is 19.0 Å². The maximum Gasteiger partial charge on any atom is 0.335 e. The van der Waals surface area contributed by atoms with Gasteiger partial charge in [0, 0.05) is 6.54 Å². The molecular weight excluding hydrogens is 386 g/mol. The first-order valence-corrected chi connectivity index (χ1v) is 11.6. The van der Waals surface area contributed by atoms with Crippen LogP contribution in [0.25, 0.3) is 0 Å². The number of rotatable bonds is 9. The zero-order chi connectivity index (χ0) is 20.2. The van der Waals surface area contributed by atoms with Gasteiger partial charge in [-0.05, 0) is 48.3 Å². The molecular formula is C22H27N3O3S. The molecule has 1 aliphatic carbocycles. The molecule has 2 aliphatic rings. The Morgan fingerprint density at radius 3 is 2.31 bits per heavy atom. The number of thiol groups is 1. The molecule has 0 spiro atoms. The largest absolute Gasteiger partial charge is 0.335 e. The summed E-state index contributed by atoms with van der Waals surface area (Å²) in [6, 6.07) is 18.6. The van der Waals surface area contributed by atoms with Crippen LogP contribution < -0.4 is 5.43 Å². The van der Waals surface area contributed by atoms with Crippen molar-refractivity contribution in [3.8, 4) is 0 Å². The van der Waals surface area contributed by atoms with Crippen LogP contribution in [0.5, 0.6) is 0 Å². The molecule has 1 saturated heterocycles. The molecule has 0 radical (unpaired) electrons. The van der Waals surface area contributed by atoms with Crippen LogP contribution in [0, 0.1) is 0 Å². The van der Waals surface area contributed by atoms with Gasteiger partial charge >= 0.3 is 6.03 Å². The Morgan fingerprint density at radius 1 is 0.966 bits per heavy atom. The van der Waals surface area contributed by atoms with Gasteiger partial charge in [-0.1, -0.05) is 54.6 Å². The Bertz CT molecular complexity index is 903. The lowest BCUT2D eigenvalue weighted by molar-refractivity contribution is 0.175. The average molecular weight is 414 g/mol. The number of nitrogens with one attached hydrogen (secondary N) is 1. The van der Waals surface area contributed by atoms with E-state index in [1.807, 2.05) is 23.1 Å². The molecule has 0 aromatic heterocycles. The highest BCUT2D eigenvalue weighted by atomic mass is 32.2. The van der Waals surface area contributed by atoms with Gasteiger partial charge in [0.2, 0.25) is 0 Å². The van der Waals surface area contributed by atoms with Gasteiger partial charge in [0.25, 0.3) is 0 Å². The van der Waals surface area contributed by atoms with Crippen LogP contribution in [0.3, 0.4) is 0 Å². The number of hydrazine groups is 1. The number of nitrogens with zero attached hydrogens (tertiary/aromatic N) is 2. The summed E-state index contributed by atoms with van der Waals surface area (Å²) in [5.74, 6) is 0.467. The molecule has 1 N–H and O–H groups in total. The molecule has 4 rings (SSSR count). The first kappa shape index (κ1) is 19.9. The van der Waals surface area contributed by atoms with E-state index in [1.54, 1.807) is 0 Å². The molecule has 1 heterocycles. The number of benzene rings is 2. The first-order chi connectivity index (χ1) is 14.1. The summed E-state index contributed by atoms with van der Waals surface area (Å²) in [5.41, 5.74) is 6.47. The van der Waals surface area contributed by atoms with Crippen molar-refractivity contribution in [1.82, 2.24) is 15.3 Å². The smallest absolute Gasteiger partial charge is 0.315 e. The third kappa shape index (κ3) is 4.97. The van der Waals surface area contributed by atoms with Crippen LogP contribution in [0.2, 0.25) is 0 Å². The van der Waals surface area contributed by atoms with Crippen molar-refractivity contribution in [1.29, 1.82) is 0 Å². The minimum absolute atomic E-state index is 0.0800. The summed E-state index contributed by atoms with van der Waals surface area (Å²) >= 11 is 0. The molecule has 6 nitrogen and oxygen atoms in total. The van der Waals surface area contributed by atoms with E-state index >= 15 is 0 Å². The SMILES string of the molecule is O=C1N(NC[SH](=O)=O)CC(c2ccc(C3CC3)cc2)N1CCCc1ccccc1. The topological polar surface area (TPSA) is 69.7 Å². The zero-order valence-electron chi connectivity index (χ0n) is 16.4. The Labute approximate surface area is 173 Å². The van der Waals surface area contributed by atoms with Gasteiger partial charge in [0.05, 0.1) is 12.6 Å². The van der Waals surface area contributed by atoms with Gasteiger partial charge in [-0.3, -0.25) is 5.01 Å². The molecule has 2 aromatic rings. The lowest BCUT2D eigenvalue weighted by Gasteiger charge is -2.23. The highest BCUT2D eigenvalue weighted by Gasteiger charge is 2.38. The summed E-state index contributed by atoms with van der Waals surface area (Å²) in [5, 5.41) is 1.44. The standard InChI is InChI=1S/C22H27N3O3S/c26-22-24(14-4-7-17-5-2-1-3-6-17)21(15-25(22)23-16-29(27)28)20-12-10-19(11-13-20)18-8-9-18/h1-3,5-6,10-13,18,21,23,29H,4,7-9,14-16H2. The van der Waals surface area contributed by atoms with E-state index in [9.17, 15) is 13.2 Å². The lowest BCUT2D eigenvalue weighted by atomic mass is 10.0. The van der Waals surface area contributed by atoms with Crippen molar-refractivity contribution in [2.24, 2.45) is 0 Å². The maximum atomic E-state index is 12.9. The number of carbonyl (C=O) groups is 1. The van der Waals surface area contributed by atoms with Crippen molar-refractivity contribution in [2.45, 2.75) is 37.6 Å². The molecule has 1 atom stereocenters. The number of aryl methyl sites for hydroxylation is 1. The molecule has 2 fully saturated rings. The zero-order valence-corrected chi connectivity index (χ0v) is 17.3. The normalized spacial score (nSPS) is 19.3. The van der Waals surface area contributed by atoms with E-state index < -0.39 is 10.7 Å². The van der Waals surface area contributed by atoms with Crippen LogP contribution in [-0.4, -0.2) is 43.3 Å². The number of hydrogen-bond acceptors (Lipinski definition) is 4. The molecule has 1 aliphatic heterocycles. The lowest BCUT2D eigenvalue weighted by Crippen LogP contribution is -2.42. The van der Waals surface area contributed by atoms with Crippen molar-refractivity contribution in [3.63, 3.8) is 0 Å². The summed E-state index contributed by atoms with van der Waals surface area (Å²) in [4.78, 5) is 14.8. The molecule has 0 bridgehead atoms. The van der Waals surface area contributed by atoms with Gasteiger partial charge in [0.15, 0.2) is 10.7 Å². The Balaban J connectivity index is 1.46. The van der Waals surface area contributed by atoms with Gasteiger partial charge < -0.3 is 4.90 Å². The van der Waals surface area contributed by atoms with Gasteiger partial charge in [-0.2, -0.15) is 0 Å². The quantitative estimate of drug-likeness (QED) is 0.620. The van der Waals surface area contributed by atoms with Crippen LogP contribution >= 0.6 is 0 Å². The molecule has 2 amide bonds. The number of hydrogen-bond donors (Lipinski definition) is 2. The van der Waals surface area contributed by atoms with E-state index in [4.69, 9.17) is 0 Å². The van der Waals surface area contributed by atoms with Crippen molar-refractivity contribution in [3.05, 3.63) is 71.3 Å². The second-order valence-electron chi connectivity index (χ2n) is 7.78. The minimum Gasteiger partial charge on any atom is -0.315 e.